The molecule has 3 N–H and O–H groups in total. The fraction of sp³-hybridized carbons (Fsp3) is 0.474. The SMILES string of the molecule is CCc1ccc(-c2nc(CC(=O)NC3CCCC3CN)cs2)cc1. The maximum atomic E-state index is 12.3. The van der Waals surface area contributed by atoms with Gasteiger partial charge in [0, 0.05) is 17.0 Å². The van der Waals surface area contributed by atoms with Crippen LogP contribution in [-0.4, -0.2) is 23.5 Å². The number of nitrogens with two attached hydrogens (primary N) is 1. The molecule has 1 aromatic carbocycles. The van der Waals surface area contributed by atoms with E-state index in [1.54, 1.807) is 11.3 Å². The largest absolute Gasteiger partial charge is 0.353 e. The number of carbonyl (C=O) groups is 1. The fourth-order valence-corrected chi connectivity index (χ4v) is 4.16. The van der Waals surface area contributed by atoms with Crippen molar-refractivity contribution < 1.29 is 4.79 Å². The molecule has 1 amide bonds. The third-order valence-corrected chi connectivity index (χ3v) is 5.75. The van der Waals surface area contributed by atoms with E-state index in [1.807, 2.05) is 5.38 Å². The second-order valence-corrected chi connectivity index (χ2v) is 7.33. The zero-order valence-electron chi connectivity index (χ0n) is 14.1. The van der Waals surface area contributed by atoms with Gasteiger partial charge in [-0.3, -0.25) is 4.79 Å². The van der Waals surface area contributed by atoms with E-state index in [0.29, 0.717) is 18.9 Å². The summed E-state index contributed by atoms with van der Waals surface area (Å²) >= 11 is 1.59. The Kier molecular flexibility index (Phi) is 5.63. The highest BCUT2D eigenvalue weighted by Gasteiger charge is 2.27. The lowest BCUT2D eigenvalue weighted by molar-refractivity contribution is -0.121. The molecule has 4 nitrogen and oxygen atoms in total. The predicted octanol–water partition coefficient (Wildman–Crippen LogP) is 3.16. The summed E-state index contributed by atoms with van der Waals surface area (Å²) in [6, 6.07) is 8.71. The number of rotatable bonds is 6. The van der Waals surface area contributed by atoms with Gasteiger partial charge in [0.15, 0.2) is 0 Å². The van der Waals surface area contributed by atoms with Crippen molar-refractivity contribution in [2.75, 3.05) is 6.54 Å². The Labute approximate surface area is 147 Å². The first-order valence-electron chi connectivity index (χ1n) is 8.72. The molecule has 0 spiro atoms. The Morgan fingerprint density at radius 1 is 1.33 bits per heavy atom. The minimum atomic E-state index is 0.0542. The number of aryl methyl sites for hydroxylation is 1. The van der Waals surface area contributed by atoms with Crippen molar-refractivity contribution in [1.29, 1.82) is 0 Å². The maximum Gasteiger partial charge on any atom is 0.226 e. The summed E-state index contributed by atoms with van der Waals surface area (Å²) in [6.07, 6.45) is 4.70. The number of benzene rings is 1. The van der Waals surface area contributed by atoms with Gasteiger partial charge in [-0.05, 0) is 37.3 Å². The molecule has 2 unspecified atom stereocenters. The molecule has 128 valence electrons. The monoisotopic (exact) mass is 343 g/mol. The van der Waals surface area contributed by atoms with Gasteiger partial charge < -0.3 is 11.1 Å². The van der Waals surface area contributed by atoms with E-state index < -0.39 is 0 Å². The first-order chi connectivity index (χ1) is 11.7. The van der Waals surface area contributed by atoms with E-state index in [0.717, 1.165) is 41.9 Å². The van der Waals surface area contributed by atoms with Crippen LogP contribution < -0.4 is 11.1 Å². The Balaban J connectivity index is 1.60. The van der Waals surface area contributed by atoms with Gasteiger partial charge in [-0.25, -0.2) is 4.98 Å². The van der Waals surface area contributed by atoms with E-state index in [4.69, 9.17) is 5.73 Å². The van der Waals surface area contributed by atoms with Crippen LogP contribution in [0, 0.1) is 5.92 Å². The molecule has 24 heavy (non-hydrogen) atoms. The highest BCUT2D eigenvalue weighted by atomic mass is 32.1. The predicted molar refractivity (Wildman–Crippen MR) is 99.0 cm³/mol. The molecule has 0 aliphatic heterocycles. The second-order valence-electron chi connectivity index (χ2n) is 6.47. The van der Waals surface area contributed by atoms with Gasteiger partial charge in [0.05, 0.1) is 12.1 Å². The van der Waals surface area contributed by atoms with Crippen LogP contribution in [0.1, 0.15) is 37.4 Å². The van der Waals surface area contributed by atoms with Crippen molar-refractivity contribution in [3.63, 3.8) is 0 Å². The first-order valence-corrected chi connectivity index (χ1v) is 9.60. The summed E-state index contributed by atoms with van der Waals surface area (Å²) in [5, 5.41) is 6.10. The number of nitrogens with one attached hydrogen (secondary N) is 1. The lowest BCUT2D eigenvalue weighted by atomic mass is 10.0. The molecule has 1 aromatic heterocycles. The topological polar surface area (TPSA) is 68.0 Å². The number of nitrogens with zero attached hydrogens (tertiary/aromatic N) is 1. The molecule has 5 heteroatoms. The number of carbonyl (C=O) groups excluding carboxylic acids is 1. The summed E-state index contributed by atoms with van der Waals surface area (Å²) in [5.74, 6) is 0.482. The van der Waals surface area contributed by atoms with Crippen LogP contribution in [0.4, 0.5) is 0 Å². The Morgan fingerprint density at radius 2 is 2.12 bits per heavy atom. The van der Waals surface area contributed by atoms with E-state index in [9.17, 15) is 4.79 Å². The quantitative estimate of drug-likeness (QED) is 0.846. The van der Waals surface area contributed by atoms with Gasteiger partial charge >= 0.3 is 0 Å². The minimum Gasteiger partial charge on any atom is -0.353 e. The molecule has 0 saturated heterocycles. The van der Waals surface area contributed by atoms with Gasteiger partial charge in [0.25, 0.3) is 0 Å². The Hall–Kier alpha value is -1.72. The molecule has 3 rings (SSSR count). The normalized spacial score (nSPS) is 20.2. The summed E-state index contributed by atoms with van der Waals surface area (Å²) in [7, 11) is 0. The Bertz CT molecular complexity index is 680. The van der Waals surface area contributed by atoms with Gasteiger partial charge in [-0.1, -0.05) is 37.6 Å². The third kappa shape index (κ3) is 4.02. The molecular formula is C19H25N3OS. The van der Waals surface area contributed by atoms with Gasteiger partial charge in [-0.15, -0.1) is 11.3 Å². The van der Waals surface area contributed by atoms with Crippen LogP contribution in [0.2, 0.25) is 0 Å². The number of aromatic nitrogens is 1. The maximum absolute atomic E-state index is 12.3. The molecule has 1 fully saturated rings. The van der Waals surface area contributed by atoms with Crippen LogP contribution in [0.5, 0.6) is 0 Å². The van der Waals surface area contributed by atoms with Crippen molar-refractivity contribution in [1.82, 2.24) is 10.3 Å². The molecule has 1 saturated carbocycles. The number of hydrogen-bond donors (Lipinski definition) is 2. The number of thiazole rings is 1. The van der Waals surface area contributed by atoms with Crippen molar-refractivity contribution in [3.8, 4) is 10.6 Å². The third-order valence-electron chi connectivity index (χ3n) is 4.81. The van der Waals surface area contributed by atoms with Gasteiger partial charge in [0.1, 0.15) is 5.01 Å². The standard InChI is InChI=1S/C19H25N3OS/c1-2-13-6-8-14(9-7-13)19-21-16(12-24-19)10-18(23)22-17-5-3-4-15(17)11-20/h6-9,12,15,17H,2-5,10-11,20H2,1H3,(H,22,23). The lowest BCUT2D eigenvalue weighted by Gasteiger charge is -2.19. The highest BCUT2D eigenvalue weighted by Crippen LogP contribution is 2.26. The van der Waals surface area contributed by atoms with Gasteiger partial charge in [-0.2, -0.15) is 0 Å². The van der Waals surface area contributed by atoms with Crippen molar-refractivity contribution in [2.45, 2.75) is 45.1 Å². The van der Waals surface area contributed by atoms with Crippen molar-refractivity contribution in [3.05, 3.63) is 40.9 Å². The van der Waals surface area contributed by atoms with Crippen LogP contribution >= 0.6 is 11.3 Å². The molecule has 2 atom stereocenters. The lowest BCUT2D eigenvalue weighted by Crippen LogP contribution is -2.40. The Morgan fingerprint density at radius 3 is 2.83 bits per heavy atom. The average molecular weight is 343 g/mol. The molecule has 0 radical (unpaired) electrons. The fourth-order valence-electron chi connectivity index (χ4n) is 3.34. The van der Waals surface area contributed by atoms with Crippen LogP contribution in [-0.2, 0) is 17.6 Å². The van der Waals surface area contributed by atoms with Crippen molar-refractivity contribution >= 4 is 17.2 Å². The smallest absolute Gasteiger partial charge is 0.226 e. The second kappa shape index (κ2) is 7.90. The zero-order valence-corrected chi connectivity index (χ0v) is 14.9. The van der Waals surface area contributed by atoms with Crippen LogP contribution in [0.15, 0.2) is 29.6 Å². The van der Waals surface area contributed by atoms with Crippen LogP contribution in [0.25, 0.3) is 10.6 Å². The van der Waals surface area contributed by atoms with E-state index in [1.165, 1.54) is 5.56 Å². The van der Waals surface area contributed by atoms with Crippen LogP contribution in [0.3, 0.4) is 0 Å². The van der Waals surface area contributed by atoms with Gasteiger partial charge in [0.2, 0.25) is 5.91 Å². The molecule has 1 heterocycles. The highest BCUT2D eigenvalue weighted by molar-refractivity contribution is 7.13. The molecule has 1 aliphatic rings. The molecular weight excluding hydrogens is 318 g/mol. The van der Waals surface area contributed by atoms with E-state index >= 15 is 0 Å². The minimum absolute atomic E-state index is 0.0542. The summed E-state index contributed by atoms with van der Waals surface area (Å²) < 4.78 is 0. The molecule has 0 bridgehead atoms. The number of hydrogen-bond acceptors (Lipinski definition) is 4. The zero-order chi connectivity index (χ0) is 16.9. The summed E-state index contributed by atoms with van der Waals surface area (Å²) in [6.45, 7) is 2.80. The first kappa shape index (κ1) is 17.1. The number of amides is 1. The molecule has 1 aliphatic carbocycles. The van der Waals surface area contributed by atoms with E-state index in [-0.39, 0.29) is 11.9 Å². The summed E-state index contributed by atoms with van der Waals surface area (Å²) in [4.78, 5) is 16.9. The van der Waals surface area contributed by atoms with Crippen molar-refractivity contribution in [2.24, 2.45) is 11.7 Å². The average Bonchev–Trinajstić information content (AvgIpc) is 3.24. The molecule has 2 aromatic rings. The summed E-state index contributed by atoms with van der Waals surface area (Å²) in [5.41, 5.74) is 9.05. The van der Waals surface area contributed by atoms with E-state index in [2.05, 4.69) is 41.5 Å².